The van der Waals surface area contributed by atoms with Crippen LogP contribution in [0, 0.1) is 6.92 Å². The highest BCUT2D eigenvalue weighted by molar-refractivity contribution is 8.00. The van der Waals surface area contributed by atoms with Gasteiger partial charge >= 0.3 is 5.97 Å². The molecule has 4 heteroatoms. The molecule has 2 aromatic carbocycles. The number of carboxylic acids is 1. The van der Waals surface area contributed by atoms with Gasteiger partial charge in [-0.1, -0.05) is 35.9 Å². The molecule has 0 aliphatic rings. The molecule has 1 N–H and O–H groups in total. The molecule has 2 aromatic rings. The first-order chi connectivity index (χ1) is 10.6. The normalized spacial score (nSPS) is 11.9. The van der Waals surface area contributed by atoms with Gasteiger partial charge in [0.1, 0.15) is 11.0 Å². The molecule has 22 heavy (non-hydrogen) atoms. The van der Waals surface area contributed by atoms with Crippen LogP contribution in [0.2, 0.25) is 0 Å². The molecule has 0 fully saturated rings. The van der Waals surface area contributed by atoms with Gasteiger partial charge < -0.3 is 9.84 Å². The van der Waals surface area contributed by atoms with Gasteiger partial charge in [-0.2, -0.15) is 0 Å². The summed E-state index contributed by atoms with van der Waals surface area (Å²) < 4.78 is 5.58. The van der Waals surface area contributed by atoms with Crippen molar-refractivity contribution in [2.24, 2.45) is 0 Å². The number of rotatable bonds is 7. The summed E-state index contributed by atoms with van der Waals surface area (Å²) in [5.74, 6) is -0.0439. The minimum atomic E-state index is -0.808. The van der Waals surface area contributed by atoms with Crippen molar-refractivity contribution in [3.8, 4) is 5.75 Å². The Labute approximate surface area is 135 Å². The number of benzene rings is 2. The fourth-order valence-corrected chi connectivity index (χ4v) is 3.11. The van der Waals surface area contributed by atoms with Gasteiger partial charge in [-0.3, -0.25) is 4.79 Å². The van der Waals surface area contributed by atoms with Crippen LogP contribution < -0.4 is 4.74 Å². The first-order valence-corrected chi connectivity index (χ1v) is 8.15. The topological polar surface area (TPSA) is 46.5 Å². The van der Waals surface area contributed by atoms with Crippen LogP contribution in [0.25, 0.3) is 0 Å². The van der Waals surface area contributed by atoms with Gasteiger partial charge in [0.25, 0.3) is 0 Å². The second-order valence-corrected chi connectivity index (χ2v) is 6.28. The summed E-state index contributed by atoms with van der Waals surface area (Å²) >= 11 is 1.37. The Morgan fingerprint density at radius 2 is 1.86 bits per heavy atom. The number of para-hydroxylation sites is 1. The van der Waals surface area contributed by atoms with Crippen molar-refractivity contribution in [3.63, 3.8) is 0 Å². The van der Waals surface area contributed by atoms with Crippen molar-refractivity contribution in [3.05, 3.63) is 59.7 Å². The Morgan fingerprint density at radius 3 is 2.50 bits per heavy atom. The van der Waals surface area contributed by atoms with Gasteiger partial charge in [-0.25, -0.2) is 0 Å². The van der Waals surface area contributed by atoms with Crippen molar-refractivity contribution >= 4 is 17.7 Å². The summed E-state index contributed by atoms with van der Waals surface area (Å²) in [6.07, 6.45) is 0.435. The summed E-state index contributed by atoms with van der Waals surface area (Å²) in [4.78, 5) is 12.5. The summed E-state index contributed by atoms with van der Waals surface area (Å²) in [7, 11) is 0. The van der Waals surface area contributed by atoms with E-state index in [4.69, 9.17) is 4.74 Å². The number of aryl methyl sites for hydroxylation is 1. The van der Waals surface area contributed by atoms with Crippen LogP contribution in [0.4, 0.5) is 0 Å². The van der Waals surface area contributed by atoms with Crippen LogP contribution in [0.1, 0.15) is 18.1 Å². The monoisotopic (exact) mass is 316 g/mol. The zero-order valence-electron chi connectivity index (χ0n) is 12.8. The number of carboxylic acid groups (broad SMARTS) is 1. The highest BCUT2D eigenvalue weighted by Crippen LogP contribution is 2.29. The van der Waals surface area contributed by atoms with Crippen LogP contribution in [0.15, 0.2) is 53.4 Å². The predicted molar refractivity (Wildman–Crippen MR) is 89.8 cm³/mol. The fraction of sp³-hybridized carbons (Fsp3) is 0.278. The highest BCUT2D eigenvalue weighted by Gasteiger charge is 2.21. The van der Waals surface area contributed by atoms with Crippen molar-refractivity contribution in [1.29, 1.82) is 0 Å². The molecule has 0 saturated heterocycles. The summed E-state index contributed by atoms with van der Waals surface area (Å²) in [6, 6.07) is 15.5. The van der Waals surface area contributed by atoms with Crippen LogP contribution >= 0.6 is 11.8 Å². The van der Waals surface area contributed by atoms with E-state index in [2.05, 4.69) is 0 Å². The third kappa shape index (κ3) is 4.53. The largest absolute Gasteiger partial charge is 0.494 e. The van der Waals surface area contributed by atoms with Crippen LogP contribution in [-0.4, -0.2) is 22.9 Å². The molecule has 0 unspecified atom stereocenters. The molecule has 0 radical (unpaired) electrons. The Bertz CT molecular complexity index is 622. The Kier molecular flexibility index (Phi) is 5.90. The smallest absolute Gasteiger partial charge is 0.317 e. The second-order valence-electron chi connectivity index (χ2n) is 5.00. The molecule has 116 valence electrons. The van der Waals surface area contributed by atoms with E-state index in [1.807, 2.05) is 62.4 Å². The molecule has 0 amide bonds. The molecule has 1 atom stereocenters. The van der Waals surface area contributed by atoms with Gasteiger partial charge in [0.15, 0.2) is 0 Å². The van der Waals surface area contributed by atoms with E-state index in [9.17, 15) is 9.90 Å². The van der Waals surface area contributed by atoms with Gasteiger partial charge in [0.2, 0.25) is 0 Å². The molecule has 0 aromatic heterocycles. The molecule has 0 spiro atoms. The lowest BCUT2D eigenvalue weighted by Gasteiger charge is -2.15. The first-order valence-electron chi connectivity index (χ1n) is 7.27. The molecule has 0 saturated carbocycles. The molecule has 0 heterocycles. The van der Waals surface area contributed by atoms with E-state index >= 15 is 0 Å². The number of aliphatic carboxylic acids is 1. The predicted octanol–water partition coefficient (Wildman–Crippen LogP) is 4.18. The number of hydrogen-bond acceptors (Lipinski definition) is 3. The van der Waals surface area contributed by atoms with E-state index in [-0.39, 0.29) is 0 Å². The maximum absolute atomic E-state index is 11.6. The SMILES string of the molecule is CCOc1ccccc1C[C@H](Sc1ccc(C)cc1)C(=O)O. The maximum Gasteiger partial charge on any atom is 0.317 e. The average molecular weight is 316 g/mol. The third-order valence-corrected chi connectivity index (χ3v) is 4.45. The van der Waals surface area contributed by atoms with Gasteiger partial charge in [-0.15, -0.1) is 11.8 Å². The van der Waals surface area contributed by atoms with Crippen LogP contribution in [0.5, 0.6) is 5.75 Å². The van der Waals surface area contributed by atoms with Gasteiger partial charge in [-0.05, 0) is 44.0 Å². The number of hydrogen-bond donors (Lipinski definition) is 1. The zero-order chi connectivity index (χ0) is 15.9. The van der Waals surface area contributed by atoms with E-state index < -0.39 is 11.2 Å². The molecule has 0 aliphatic carbocycles. The third-order valence-electron chi connectivity index (χ3n) is 3.25. The lowest BCUT2D eigenvalue weighted by atomic mass is 10.1. The van der Waals surface area contributed by atoms with Gasteiger partial charge in [0, 0.05) is 4.90 Å². The average Bonchev–Trinajstić information content (AvgIpc) is 2.50. The second kappa shape index (κ2) is 7.90. The number of carbonyl (C=O) groups is 1. The van der Waals surface area contributed by atoms with E-state index in [1.54, 1.807) is 0 Å². The van der Waals surface area contributed by atoms with E-state index in [0.717, 1.165) is 21.8 Å². The minimum absolute atomic E-state index is 0.435. The quantitative estimate of drug-likeness (QED) is 0.778. The highest BCUT2D eigenvalue weighted by atomic mass is 32.2. The summed E-state index contributed by atoms with van der Waals surface area (Å²) in [5, 5.41) is 8.97. The van der Waals surface area contributed by atoms with Crippen LogP contribution in [-0.2, 0) is 11.2 Å². The zero-order valence-corrected chi connectivity index (χ0v) is 13.6. The lowest BCUT2D eigenvalue weighted by Crippen LogP contribution is -2.19. The molecule has 2 rings (SSSR count). The standard InChI is InChI=1S/C18H20O3S/c1-3-21-16-7-5-4-6-14(16)12-17(18(19)20)22-15-10-8-13(2)9-11-15/h4-11,17H,3,12H2,1-2H3,(H,19,20)/t17-/m0/s1. The molecular formula is C18H20O3S. The number of ether oxygens (including phenoxy) is 1. The molecule has 0 bridgehead atoms. The molecule has 3 nitrogen and oxygen atoms in total. The fourth-order valence-electron chi connectivity index (χ4n) is 2.13. The summed E-state index contributed by atoms with van der Waals surface area (Å²) in [6.45, 7) is 4.51. The molecule has 0 aliphatic heterocycles. The van der Waals surface area contributed by atoms with Crippen molar-refractivity contribution in [2.75, 3.05) is 6.61 Å². The first kappa shape index (κ1) is 16.4. The maximum atomic E-state index is 11.6. The van der Waals surface area contributed by atoms with Crippen molar-refractivity contribution in [1.82, 2.24) is 0 Å². The van der Waals surface area contributed by atoms with E-state index in [0.29, 0.717) is 13.0 Å². The number of thioether (sulfide) groups is 1. The Hall–Kier alpha value is -1.94. The molecular weight excluding hydrogens is 296 g/mol. The van der Waals surface area contributed by atoms with Crippen molar-refractivity contribution in [2.45, 2.75) is 30.4 Å². The Morgan fingerprint density at radius 1 is 1.18 bits per heavy atom. The minimum Gasteiger partial charge on any atom is -0.494 e. The lowest BCUT2D eigenvalue weighted by molar-refractivity contribution is -0.136. The van der Waals surface area contributed by atoms with E-state index in [1.165, 1.54) is 11.8 Å². The van der Waals surface area contributed by atoms with Crippen LogP contribution in [0.3, 0.4) is 0 Å². The Balaban J connectivity index is 2.15. The van der Waals surface area contributed by atoms with Crippen molar-refractivity contribution < 1.29 is 14.6 Å². The summed E-state index contributed by atoms with van der Waals surface area (Å²) in [5.41, 5.74) is 2.09. The van der Waals surface area contributed by atoms with Gasteiger partial charge in [0.05, 0.1) is 6.61 Å².